The van der Waals surface area contributed by atoms with Crippen LogP contribution in [0.1, 0.15) is 38.0 Å². The highest BCUT2D eigenvalue weighted by molar-refractivity contribution is 7.91. The average molecular weight is 331 g/mol. The zero-order chi connectivity index (χ0) is 15.5. The molecule has 0 aliphatic carbocycles. The fraction of sp³-hybridized carbons (Fsp3) is 0.643. The maximum absolute atomic E-state index is 12.8. The van der Waals surface area contributed by atoms with E-state index >= 15 is 0 Å². The van der Waals surface area contributed by atoms with Gasteiger partial charge in [-0.25, -0.2) is 8.42 Å². The summed E-state index contributed by atoms with van der Waals surface area (Å²) in [5.41, 5.74) is 0. The van der Waals surface area contributed by atoms with Crippen LogP contribution in [-0.2, 0) is 26.0 Å². The van der Waals surface area contributed by atoms with Crippen LogP contribution in [-0.4, -0.2) is 37.9 Å². The van der Waals surface area contributed by atoms with Crippen molar-refractivity contribution in [3.05, 3.63) is 17.0 Å². The predicted octanol–water partition coefficient (Wildman–Crippen LogP) is 2.42. The standard InChI is InChI=1S/C14H21NO4S2/c1-3-11-8-9-13(20-11)21(17,18)15-10-6-5-7-12(15)14(16)19-4-2/h8-9,12H,3-7,10H2,1-2H3. The van der Waals surface area contributed by atoms with Gasteiger partial charge in [0.05, 0.1) is 6.61 Å². The molecule has 118 valence electrons. The third-order valence-electron chi connectivity index (χ3n) is 3.56. The van der Waals surface area contributed by atoms with Crippen LogP contribution >= 0.6 is 11.3 Å². The van der Waals surface area contributed by atoms with Crippen molar-refractivity contribution in [3.8, 4) is 0 Å². The number of carbonyl (C=O) groups excluding carboxylic acids is 1. The van der Waals surface area contributed by atoms with Gasteiger partial charge in [0.15, 0.2) is 0 Å². The Morgan fingerprint density at radius 1 is 1.38 bits per heavy atom. The average Bonchev–Trinajstić information content (AvgIpc) is 2.97. The Hall–Kier alpha value is -0.920. The highest BCUT2D eigenvalue weighted by atomic mass is 32.2. The second-order valence-corrected chi connectivity index (χ2v) is 8.24. The molecular formula is C14H21NO4S2. The summed E-state index contributed by atoms with van der Waals surface area (Å²) in [6.45, 7) is 4.37. The van der Waals surface area contributed by atoms with Crippen LogP contribution in [0.15, 0.2) is 16.3 Å². The van der Waals surface area contributed by atoms with E-state index in [0.29, 0.717) is 17.2 Å². The van der Waals surface area contributed by atoms with Gasteiger partial charge >= 0.3 is 5.97 Å². The van der Waals surface area contributed by atoms with Gasteiger partial charge in [-0.05, 0) is 44.7 Å². The van der Waals surface area contributed by atoms with Crippen LogP contribution in [0.5, 0.6) is 0 Å². The van der Waals surface area contributed by atoms with Gasteiger partial charge < -0.3 is 4.74 Å². The number of thiophene rings is 1. The minimum Gasteiger partial charge on any atom is -0.465 e. The zero-order valence-corrected chi connectivity index (χ0v) is 14.0. The van der Waals surface area contributed by atoms with Gasteiger partial charge in [0.2, 0.25) is 0 Å². The number of hydrogen-bond donors (Lipinski definition) is 0. The van der Waals surface area contributed by atoms with E-state index in [1.165, 1.54) is 15.6 Å². The molecule has 1 fully saturated rings. The largest absolute Gasteiger partial charge is 0.465 e. The van der Waals surface area contributed by atoms with E-state index in [0.717, 1.165) is 24.1 Å². The molecule has 1 aliphatic rings. The van der Waals surface area contributed by atoms with Crippen LogP contribution < -0.4 is 0 Å². The topological polar surface area (TPSA) is 63.7 Å². The van der Waals surface area contributed by atoms with Crippen LogP contribution in [0.2, 0.25) is 0 Å². The molecule has 0 aromatic carbocycles. The summed E-state index contributed by atoms with van der Waals surface area (Å²) < 4.78 is 32.2. The molecule has 21 heavy (non-hydrogen) atoms. The molecule has 0 amide bonds. The number of hydrogen-bond acceptors (Lipinski definition) is 5. The molecule has 2 rings (SSSR count). The Kier molecular flexibility index (Phi) is 5.40. The van der Waals surface area contributed by atoms with E-state index in [4.69, 9.17) is 4.74 Å². The maximum Gasteiger partial charge on any atom is 0.324 e. The van der Waals surface area contributed by atoms with E-state index in [-0.39, 0.29) is 6.61 Å². The Morgan fingerprint density at radius 2 is 2.14 bits per heavy atom. The number of nitrogens with zero attached hydrogens (tertiary/aromatic N) is 1. The first-order valence-electron chi connectivity index (χ1n) is 7.28. The third kappa shape index (κ3) is 3.46. The number of carbonyl (C=O) groups is 1. The summed E-state index contributed by atoms with van der Waals surface area (Å²) in [5, 5.41) is 0. The molecular weight excluding hydrogens is 310 g/mol. The Labute approximate surface area is 130 Å². The quantitative estimate of drug-likeness (QED) is 0.777. The van der Waals surface area contributed by atoms with E-state index in [1.807, 2.05) is 13.0 Å². The maximum atomic E-state index is 12.8. The van der Waals surface area contributed by atoms with Gasteiger partial charge in [0.25, 0.3) is 10.0 Å². The fourth-order valence-corrected chi connectivity index (χ4v) is 5.54. The first-order chi connectivity index (χ1) is 10.0. The van der Waals surface area contributed by atoms with Gasteiger partial charge in [-0.1, -0.05) is 6.92 Å². The molecule has 1 unspecified atom stereocenters. The smallest absolute Gasteiger partial charge is 0.324 e. The van der Waals surface area contributed by atoms with E-state index in [1.54, 1.807) is 13.0 Å². The van der Waals surface area contributed by atoms with E-state index < -0.39 is 22.0 Å². The molecule has 0 spiro atoms. The molecule has 1 aromatic rings. The molecule has 5 nitrogen and oxygen atoms in total. The lowest BCUT2D eigenvalue weighted by Gasteiger charge is -2.32. The lowest BCUT2D eigenvalue weighted by molar-refractivity contribution is -0.148. The number of piperidine rings is 1. The van der Waals surface area contributed by atoms with Crippen molar-refractivity contribution in [1.29, 1.82) is 0 Å². The summed E-state index contributed by atoms with van der Waals surface area (Å²) in [5.74, 6) is -0.437. The van der Waals surface area contributed by atoms with Crippen molar-refractivity contribution >= 4 is 27.3 Å². The van der Waals surface area contributed by atoms with Crippen molar-refractivity contribution in [2.45, 2.75) is 49.8 Å². The SMILES string of the molecule is CCOC(=O)C1CCCCN1S(=O)(=O)c1ccc(CC)s1. The monoisotopic (exact) mass is 331 g/mol. The van der Waals surface area contributed by atoms with Gasteiger partial charge in [-0.15, -0.1) is 11.3 Å². The Bertz CT molecular complexity index is 594. The first-order valence-corrected chi connectivity index (χ1v) is 9.53. The van der Waals surface area contributed by atoms with Gasteiger partial charge in [0.1, 0.15) is 10.3 Å². The second kappa shape index (κ2) is 6.89. The summed E-state index contributed by atoms with van der Waals surface area (Å²) in [7, 11) is -3.61. The molecule has 7 heteroatoms. The molecule has 1 aromatic heterocycles. The number of sulfonamides is 1. The van der Waals surface area contributed by atoms with E-state index in [9.17, 15) is 13.2 Å². The number of ether oxygens (including phenoxy) is 1. The predicted molar refractivity (Wildman–Crippen MR) is 81.9 cm³/mol. The first kappa shape index (κ1) is 16.5. The normalized spacial score (nSPS) is 20.4. The van der Waals surface area contributed by atoms with Gasteiger partial charge in [0, 0.05) is 11.4 Å². The molecule has 2 heterocycles. The van der Waals surface area contributed by atoms with Crippen LogP contribution in [0.3, 0.4) is 0 Å². The van der Waals surface area contributed by atoms with Crippen molar-refractivity contribution in [1.82, 2.24) is 4.31 Å². The number of rotatable bonds is 5. The third-order valence-corrected chi connectivity index (χ3v) is 7.17. The molecule has 0 N–H and O–H groups in total. The van der Waals surface area contributed by atoms with Crippen molar-refractivity contribution < 1.29 is 17.9 Å². The highest BCUT2D eigenvalue weighted by Gasteiger charge is 2.39. The Balaban J connectivity index is 2.29. The van der Waals surface area contributed by atoms with Gasteiger partial charge in [-0.2, -0.15) is 4.31 Å². The summed E-state index contributed by atoms with van der Waals surface area (Å²) in [6, 6.07) is 2.78. The highest BCUT2D eigenvalue weighted by Crippen LogP contribution is 2.30. The Morgan fingerprint density at radius 3 is 2.76 bits per heavy atom. The van der Waals surface area contributed by atoms with Crippen LogP contribution in [0.4, 0.5) is 0 Å². The van der Waals surface area contributed by atoms with E-state index in [2.05, 4.69) is 0 Å². The molecule has 0 bridgehead atoms. The lowest BCUT2D eigenvalue weighted by Crippen LogP contribution is -2.48. The minimum atomic E-state index is -3.61. The molecule has 0 saturated carbocycles. The second-order valence-electron chi connectivity index (χ2n) is 4.95. The minimum absolute atomic E-state index is 0.266. The molecule has 1 atom stereocenters. The molecule has 1 aliphatic heterocycles. The van der Waals surface area contributed by atoms with Crippen molar-refractivity contribution in [2.24, 2.45) is 0 Å². The van der Waals surface area contributed by atoms with Crippen LogP contribution in [0.25, 0.3) is 0 Å². The number of esters is 1. The lowest BCUT2D eigenvalue weighted by atomic mass is 10.1. The molecule has 0 radical (unpaired) electrons. The van der Waals surface area contributed by atoms with Gasteiger partial charge in [-0.3, -0.25) is 4.79 Å². The fourth-order valence-electron chi connectivity index (χ4n) is 2.47. The van der Waals surface area contributed by atoms with Crippen molar-refractivity contribution in [2.75, 3.05) is 13.2 Å². The molecule has 1 saturated heterocycles. The summed E-state index contributed by atoms with van der Waals surface area (Å²) in [6.07, 6.45) is 2.97. The van der Waals surface area contributed by atoms with Crippen molar-refractivity contribution in [3.63, 3.8) is 0 Å². The summed E-state index contributed by atoms with van der Waals surface area (Å²) in [4.78, 5) is 13.0. The zero-order valence-electron chi connectivity index (χ0n) is 12.4. The number of aryl methyl sites for hydroxylation is 1. The van der Waals surface area contributed by atoms with Crippen LogP contribution in [0, 0.1) is 0 Å². The summed E-state index contributed by atoms with van der Waals surface area (Å²) >= 11 is 1.28.